The van der Waals surface area contributed by atoms with Crippen molar-refractivity contribution in [3.05, 3.63) is 86.5 Å². The van der Waals surface area contributed by atoms with Crippen molar-refractivity contribution >= 4 is 24.1 Å². The average molecular weight is 627 g/mol. The van der Waals surface area contributed by atoms with E-state index in [9.17, 15) is 28.0 Å². The molecule has 2 heterocycles. The van der Waals surface area contributed by atoms with Crippen LogP contribution in [0.15, 0.2) is 58.5 Å². The van der Waals surface area contributed by atoms with Gasteiger partial charge < -0.3 is 19.1 Å². The zero-order valence-electron chi connectivity index (χ0n) is 25.2. The summed E-state index contributed by atoms with van der Waals surface area (Å²) in [5.74, 6) is -0.117. The summed E-state index contributed by atoms with van der Waals surface area (Å²) < 4.78 is 47.9. The van der Waals surface area contributed by atoms with Gasteiger partial charge in [0.05, 0.1) is 50.5 Å². The number of rotatable bonds is 7. The van der Waals surface area contributed by atoms with Crippen molar-refractivity contribution < 1.29 is 37.1 Å². The number of aromatic amines is 1. The van der Waals surface area contributed by atoms with Crippen molar-refractivity contribution in [3.8, 4) is 6.07 Å². The van der Waals surface area contributed by atoms with E-state index in [-0.39, 0.29) is 22.9 Å². The SMILES string of the molecule is COC(=O)C1=C(C)N(c2cccc(C(F)(F)F)c2)c2n[nH]c(=O)n2[C@@H]1c1ccc(C#N)cc1C[N+](C)(C)CC1CCC1.O=C[O-]. The number of quaternary nitrogens is 1. The van der Waals surface area contributed by atoms with E-state index in [1.54, 1.807) is 25.1 Å². The summed E-state index contributed by atoms with van der Waals surface area (Å²) in [5.41, 5.74) is 0.655. The van der Waals surface area contributed by atoms with Crippen LogP contribution in [0.25, 0.3) is 0 Å². The van der Waals surface area contributed by atoms with Gasteiger partial charge in [-0.3, -0.25) is 4.90 Å². The minimum atomic E-state index is -4.61. The van der Waals surface area contributed by atoms with Gasteiger partial charge in [0.2, 0.25) is 5.95 Å². The maximum absolute atomic E-state index is 13.6. The van der Waals surface area contributed by atoms with E-state index in [4.69, 9.17) is 14.6 Å². The van der Waals surface area contributed by atoms with E-state index < -0.39 is 35.9 Å². The molecule has 0 bridgehead atoms. The van der Waals surface area contributed by atoms with Gasteiger partial charge in [-0.15, -0.1) is 5.10 Å². The third-order valence-electron chi connectivity index (χ3n) is 8.12. The molecule has 0 saturated heterocycles. The molecule has 1 aliphatic carbocycles. The van der Waals surface area contributed by atoms with Crippen LogP contribution in [0.4, 0.5) is 24.8 Å². The molecular formula is C31H33F3N6O5. The first-order valence-corrected chi connectivity index (χ1v) is 14.1. The number of allylic oxidation sites excluding steroid dienone is 1. The summed E-state index contributed by atoms with van der Waals surface area (Å²) in [7, 11) is 5.42. The predicted octanol–water partition coefficient (Wildman–Crippen LogP) is 3.39. The van der Waals surface area contributed by atoms with Gasteiger partial charge in [0.15, 0.2) is 0 Å². The minimum Gasteiger partial charge on any atom is -0.554 e. The lowest BCUT2D eigenvalue weighted by molar-refractivity contribution is -0.907. The van der Waals surface area contributed by atoms with Crippen LogP contribution in [0.5, 0.6) is 0 Å². The molecule has 1 saturated carbocycles. The van der Waals surface area contributed by atoms with E-state index in [2.05, 4.69) is 30.4 Å². The van der Waals surface area contributed by atoms with Crippen molar-refractivity contribution in [2.45, 2.75) is 44.9 Å². The molecular weight excluding hydrogens is 593 g/mol. The molecule has 11 nitrogen and oxygen atoms in total. The Morgan fingerprint density at radius 3 is 2.51 bits per heavy atom. The zero-order valence-corrected chi connectivity index (χ0v) is 25.2. The Kier molecular flexibility index (Phi) is 9.53. The van der Waals surface area contributed by atoms with Crippen molar-refractivity contribution in [1.29, 1.82) is 5.26 Å². The van der Waals surface area contributed by atoms with Crippen molar-refractivity contribution in [2.75, 3.05) is 32.6 Å². The van der Waals surface area contributed by atoms with Crippen LogP contribution in [-0.2, 0) is 27.0 Å². The van der Waals surface area contributed by atoms with E-state index in [0.717, 1.165) is 24.2 Å². The van der Waals surface area contributed by atoms with E-state index >= 15 is 0 Å². The van der Waals surface area contributed by atoms with Crippen LogP contribution in [0.2, 0.25) is 0 Å². The lowest BCUT2D eigenvalue weighted by Gasteiger charge is -2.39. The highest BCUT2D eigenvalue weighted by Gasteiger charge is 2.41. The number of esters is 1. The molecule has 0 amide bonds. The lowest BCUT2D eigenvalue weighted by Crippen LogP contribution is -2.45. The zero-order chi connectivity index (χ0) is 33.1. The van der Waals surface area contributed by atoms with Crippen LogP contribution in [0, 0.1) is 17.2 Å². The number of fused-ring (bicyclic) bond motifs is 1. The number of nitrogens with one attached hydrogen (secondary N) is 1. The van der Waals surface area contributed by atoms with E-state index in [1.165, 1.54) is 48.0 Å². The Morgan fingerprint density at radius 1 is 1.24 bits per heavy atom. The largest absolute Gasteiger partial charge is 0.554 e. The monoisotopic (exact) mass is 626 g/mol. The van der Waals surface area contributed by atoms with Crippen LogP contribution in [0.3, 0.4) is 0 Å². The Morgan fingerprint density at radius 2 is 1.93 bits per heavy atom. The summed E-state index contributed by atoms with van der Waals surface area (Å²) in [6.45, 7) is 2.53. The Hall–Kier alpha value is -4.90. The molecule has 1 fully saturated rings. The van der Waals surface area contributed by atoms with Gasteiger partial charge in [-0.05, 0) is 55.7 Å². The molecule has 238 valence electrons. The molecule has 3 aromatic rings. The Labute approximate surface area is 257 Å². The number of carbonyl (C=O) groups is 2. The highest BCUT2D eigenvalue weighted by atomic mass is 19.4. The molecule has 1 atom stereocenters. The number of benzene rings is 2. The molecule has 1 aromatic heterocycles. The first-order chi connectivity index (χ1) is 21.3. The first kappa shape index (κ1) is 33.0. The summed E-state index contributed by atoms with van der Waals surface area (Å²) in [4.78, 5) is 36.4. The van der Waals surface area contributed by atoms with Gasteiger partial charge in [-0.25, -0.2) is 19.3 Å². The molecule has 45 heavy (non-hydrogen) atoms. The maximum atomic E-state index is 13.6. The van der Waals surface area contributed by atoms with E-state index in [1.807, 2.05) is 0 Å². The summed E-state index contributed by atoms with van der Waals surface area (Å²) >= 11 is 0. The molecule has 2 aromatic carbocycles. The summed E-state index contributed by atoms with van der Waals surface area (Å²) in [6.07, 6.45) is -1.06. The van der Waals surface area contributed by atoms with Crippen molar-refractivity contribution in [1.82, 2.24) is 14.8 Å². The number of alkyl halides is 3. The van der Waals surface area contributed by atoms with Gasteiger partial charge in [-0.2, -0.15) is 18.4 Å². The van der Waals surface area contributed by atoms with E-state index in [0.29, 0.717) is 28.1 Å². The maximum Gasteiger partial charge on any atom is 0.416 e. The molecule has 0 unspecified atom stereocenters. The smallest absolute Gasteiger partial charge is 0.416 e. The minimum absolute atomic E-state index is 0.0213. The third kappa shape index (κ3) is 6.78. The number of hydrogen-bond acceptors (Lipinski definition) is 8. The Balaban J connectivity index is 0.00000148. The molecule has 0 spiro atoms. The van der Waals surface area contributed by atoms with Crippen LogP contribution >= 0.6 is 0 Å². The standard InChI is InChI=1S/C30H31F3N6O3.CH2O2/c1-18-25(27(40)42-4)26(24-12-11-20(15-34)13-21(24)17-39(2,3)16-19-7-5-8-19)38-28(35-36-29(38)41)37(18)23-10-6-9-22(14-23)30(31,32)33;2-1-3/h6,9-14,19,26H,5,7-8,16-17H2,1-4H3;1H,(H,2,3)/t26-;/m1./s1. The number of methoxy groups -OCH3 is 1. The van der Waals surface area contributed by atoms with Gasteiger partial charge in [0.25, 0.3) is 0 Å². The molecule has 2 aliphatic rings. The van der Waals surface area contributed by atoms with Crippen LogP contribution in [-0.4, -0.2) is 59.4 Å². The number of nitriles is 1. The highest BCUT2D eigenvalue weighted by Crippen LogP contribution is 2.44. The molecule has 5 rings (SSSR count). The van der Waals surface area contributed by atoms with Crippen LogP contribution < -0.4 is 15.7 Å². The topological polar surface area (TPSA) is 144 Å². The lowest BCUT2D eigenvalue weighted by atomic mass is 9.84. The molecule has 1 N–H and O–H groups in total. The van der Waals surface area contributed by atoms with Crippen molar-refractivity contribution in [3.63, 3.8) is 0 Å². The normalized spacial score (nSPS) is 16.6. The number of carboxylic acid groups (broad SMARTS) is 1. The number of halogens is 3. The molecule has 1 aliphatic heterocycles. The second-order valence-electron chi connectivity index (χ2n) is 11.7. The number of carbonyl (C=O) groups excluding carboxylic acids is 2. The van der Waals surface area contributed by atoms with Crippen molar-refractivity contribution in [2.24, 2.45) is 5.92 Å². The van der Waals surface area contributed by atoms with Crippen LogP contribution in [0.1, 0.15) is 54.5 Å². The number of anilines is 2. The molecule has 0 radical (unpaired) electrons. The fourth-order valence-electron chi connectivity index (χ4n) is 6.06. The summed E-state index contributed by atoms with van der Waals surface area (Å²) in [5, 5.41) is 24.5. The van der Waals surface area contributed by atoms with Gasteiger partial charge in [0, 0.05) is 29.3 Å². The number of nitrogens with zero attached hydrogens (tertiary/aromatic N) is 5. The fourth-order valence-corrected chi connectivity index (χ4v) is 6.06. The van der Waals surface area contributed by atoms with Gasteiger partial charge >= 0.3 is 17.8 Å². The first-order valence-electron chi connectivity index (χ1n) is 14.1. The number of ether oxygens (including phenoxy) is 1. The predicted molar refractivity (Wildman–Crippen MR) is 155 cm³/mol. The van der Waals surface area contributed by atoms with Gasteiger partial charge in [-0.1, -0.05) is 18.6 Å². The summed E-state index contributed by atoms with van der Waals surface area (Å²) in [6, 6.07) is 10.9. The fraction of sp³-hybridized carbons (Fsp3) is 0.387. The van der Waals surface area contributed by atoms with Gasteiger partial charge in [0.1, 0.15) is 12.6 Å². The quantitative estimate of drug-likeness (QED) is 0.239. The second-order valence-corrected chi connectivity index (χ2v) is 11.7. The number of H-pyrrole nitrogens is 1. The second kappa shape index (κ2) is 13.0. The Bertz CT molecular complexity index is 1720. The number of hydrogen-bond donors (Lipinski definition) is 1. The average Bonchev–Trinajstić information content (AvgIpc) is 3.34. The highest BCUT2D eigenvalue weighted by molar-refractivity contribution is 5.93. The molecule has 14 heteroatoms. The third-order valence-corrected chi connectivity index (χ3v) is 8.12. The number of aromatic nitrogens is 3.